The molecule has 0 N–H and O–H groups in total. The first kappa shape index (κ1) is 21.4. The third-order valence-electron chi connectivity index (χ3n) is 5.14. The minimum atomic E-state index is 0.722. The summed E-state index contributed by atoms with van der Waals surface area (Å²) in [7, 11) is 0. The van der Waals surface area contributed by atoms with Gasteiger partial charge in [-0.2, -0.15) is 0 Å². The van der Waals surface area contributed by atoms with E-state index >= 15 is 0 Å². The molecule has 0 saturated heterocycles. The number of aromatic nitrogens is 2. The van der Waals surface area contributed by atoms with Crippen LogP contribution in [0, 0.1) is 5.92 Å². The Morgan fingerprint density at radius 2 is 1.48 bits per heavy atom. The first-order valence-corrected chi connectivity index (χ1v) is 10.8. The van der Waals surface area contributed by atoms with Gasteiger partial charge in [0.25, 0.3) is 0 Å². The molecule has 27 heavy (non-hydrogen) atoms. The number of ether oxygens (including phenoxy) is 1. The van der Waals surface area contributed by atoms with Gasteiger partial charge in [0.15, 0.2) is 11.6 Å². The Morgan fingerprint density at radius 3 is 2.11 bits per heavy atom. The molecule has 0 aliphatic rings. The monoisotopic (exact) mass is 368 g/mol. The summed E-state index contributed by atoms with van der Waals surface area (Å²) in [6, 6.07) is 8.61. The van der Waals surface area contributed by atoms with Crippen LogP contribution in [0.2, 0.25) is 0 Å². The predicted molar refractivity (Wildman–Crippen MR) is 114 cm³/mol. The predicted octanol–water partition coefficient (Wildman–Crippen LogP) is 6.86. The van der Waals surface area contributed by atoms with Gasteiger partial charge in [0.05, 0.1) is 19.0 Å². The summed E-state index contributed by atoms with van der Waals surface area (Å²) in [5, 5.41) is 0. The molecule has 2 rings (SSSR count). The van der Waals surface area contributed by atoms with Crippen molar-refractivity contribution in [2.45, 2.75) is 78.6 Å². The van der Waals surface area contributed by atoms with Gasteiger partial charge in [-0.05, 0) is 24.3 Å². The van der Waals surface area contributed by atoms with E-state index < -0.39 is 0 Å². The molecule has 0 aliphatic heterocycles. The summed E-state index contributed by atoms with van der Waals surface area (Å²) < 4.78 is 5.77. The van der Waals surface area contributed by atoms with Crippen molar-refractivity contribution in [3.63, 3.8) is 0 Å². The van der Waals surface area contributed by atoms with Crippen molar-refractivity contribution < 1.29 is 4.74 Å². The normalized spacial score (nSPS) is 12.1. The second-order valence-electron chi connectivity index (χ2n) is 7.63. The average Bonchev–Trinajstić information content (AvgIpc) is 2.71. The lowest BCUT2D eigenvalue weighted by atomic mass is 9.98. The van der Waals surface area contributed by atoms with Crippen LogP contribution in [-0.4, -0.2) is 16.6 Å². The van der Waals surface area contributed by atoms with Crippen LogP contribution in [0.5, 0.6) is 5.75 Å². The highest BCUT2D eigenvalue weighted by Crippen LogP contribution is 2.19. The van der Waals surface area contributed by atoms with E-state index in [1.165, 1.54) is 50.5 Å². The van der Waals surface area contributed by atoms with E-state index in [1.54, 1.807) is 12.4 Å². The van der Waals surface area contributed by atoms with Gasteiger partial charge in [-0.3, -0.25) is 0 Å². The summed E-state index contributed by atoms with van der Waals surface area (Å²) >= 11 is 0. The van der Waals surface area contributed by atoms with E-state index in [-0.39, 0.29) is 0 Å². The first-order chi connectivity index (χ1) is 13.2. The lowest BCUT2D eigenvalue weighted by molar-refractivity contribution is 0.302. The maximum absolute atomic E-state index is 5.77. The molecule has 0 bridgehead atoms. The van der Waals surface area contributed by atoms with Crippen LogP contribution >= 0.6 is 0 Å². The van der Waals surface area contributed by atoms with Crippen molar-refractivity contribution in [1.82, 2.24) is 9.97 Å². The zero-order chi connectivity index (χ0) is 19.3. The third kappa shape index (κ3) is 8.11. The number of rotatable bonds is 13. The van der Waals surface area contributed by atoms with Crippen molar-refractivity contribution in [3.8, 4) is 17.1 Å². The molecule has 1 aromatic carbocycles. The summed E-state index contributed by atoms with van der Waals surface area (Å²) in [6.07, 6.45) is 15.0. The molecule has 1 atom stereocenters. The van der Waals surface area contributed by atoms with E-state index in [0.29, 0.717) is 0 Å². The Labute approximate surface area is 165 Å². The van der Waals surface area contributed by atoms with Gasteiger partial charge < -0.3 is 4.74 Å². The van der Waals surface area contributed by atoms with Crippen LogP contribution in [-0.2, 0) is 6.42 Å². The zero-order valence-corrected chi connectivity index (χ0v) is 17.4. The number of hydrogen-bond donors (Lipinski definition) is 0. The third-order valence-corrected chi connectivity index (χ3v) is 5.14. The van der Waals surface area contributed by atoms with Gasteiger partial charge in [-0.15, -0.1) is 0 Å². The molecule has 0 amide bonds. The second kappa shape index (κ2) is 12.5. The van der Waals surface area contributed by atoms with Gasteiger partial charge in [-0.25, -0.2) is 9.97 Å². The van der Waals surface area contributed by atoms with Crippen LogP contribution in [0.15, 0.2) is 36.7 Å². The SMILES string of the molecule is CCCCCCCCCOc1cnc(-c2ccc(CC(C)CC)cc2)nc1. The van der Waals surface area contributed by atoms with E-state index in [0.717, 1.165) is 42.5 Å². The Morgan fingerprint density at radius 1 is 0.852 bits per heavy atom. The largest absolute Gasteiger partial charge is 0.490 e. The Kier molecular flexibility index (Phi) is 9.89. The summed E-state index contributed by atoms with van der Waals surface area (Å²) in [6.45, 7) is 7.54. The van der Waals surface area contributed by atoms with Crippen molar-refractivity contribution in [2.75, 3.05) is 6.61 Å². The van der Waals surface area contributed by atoms with Gasteiger partial charge in [0.1, 0.15) is 0 Å². The molecule has 0 radical (unpaired) electrons. The van der Waals surface area contributed by atoms with Gasteiger partial charge in [0.2, 0.25) is 0 Å². The standard InChI is InChI=1S/C24H36N2O/c1-4-6-7-8-9-10-11-16-27-23-18-25-24(26-19-23)22-14-12-21(13-15-22)17-20(3)5-2/h12-15,18-20H,4-11,16-17H2,1-3H3. The number of nitrogens with zero attached hydrogens (tertiary/aromatic N) is 2. The van der Waals surface area contributed by atoms with Crippen LogP contribution in [0.4, 0.5) is 0 Å². The fourth-order valence-electron chi connectivity index (χ4n) is 3.13. The number of benzene rings is 1. The highest BCUT2D eigenvalue weighted by atomic mass is 16.5. The molecule has 0 fully saturated rings. The van der Waals surface area contributed by atoms with Crippen molar-refractivity contribution in [2.24, 2.45) is 5.92 Å². The van der Waals surface area contributed by atoms with Crippen LogP contribution in [0.25, 0.3) is 11.4 Å². The lowest BCUT2D eigenvalue weighted by Crippen LogP contribution is -1.99. The van der Waals surface area contributed by atoms with E-state index in [9.17, 15) is 0 Å². The molecular formula is C24H36N2O. The Bertz CT molecular complexity index is 622. The summed E-state index contributed by atoms with van der Waals surface area (Å²) in [5.74, 6) is 2.24. The highest BCUT2D eigenvalue weighted by molar-refractivity contribution is 5.55. The van der Waals surface area contributed by atoms with Crippen molar-refractivity contribution in [1.29, 1.82) is 0 Å². The van der Waals surface area contributed by atoms with Gasteiger partial charge in [-0.1, -0.05) is 90.0 Å². The summed E-state index contributed by atoms with van der Waals surface area (Å²) in [4.78, 5) is 8.94. The summed E-state index contributed by atoms with van der Waals surface area (Å²) in [5.41, 5.74) is 2.43. The zero-order valence-electron chi connectivity index (χ0n) is 17.4. The maximum Gasteiger partial charge on any atom is 0.159 e. The second-order valence-corrected chi connectivity index (χ2v) is 7.63. The fraction of sp³-hybridized carbons (Fsp3) is 0.583. The molecule has 0 aliphatic carbocycles. The fourth-order valence-corrected chi connectivity index (χ4v) is 3.13. The van der Waals surface area contributed by atoms with Gasteiger partial charge >= 0.3 is 0 Å². The van der Waals surface area contributed by atoms with Crippen LogP contribution in [0.1, 0.15) is 77.7 Å². The van der Waals surface area contributed by atoms with E-state index in [2.05, 4.69) is 55.0 Å². The van der Waals surface area contributed by atoms with Crippen molar-refractivity contribution in [3.05, 3.63) is 42.2 Å². The van der Waals surface area contributed by atoms with Crippen LogP contribution in [0.3, 0.4) is 0 Å². The number of unbranched alkanes of at least 4 members (excludes halogenated alkanes) is 6. The quantitative estimate of drug-likeness (QED) is 0.362. The molecule has 3 heteroatoms. The molecule has 1 heterocycles. The Hall–Kier alpha value is -1.90. The van der Waals surface area contributed by atoms with E-state index in [4.69, 9.17) is 4.74 Å². The molecule has 0 saturated carbocycles. The smallest absolute Gasteiger partial charge is 0.159 e. The maximum atomic E-state index is 5.77. The molecule has 1 unspecified atom stereocenters. The topological polar surface area (TPSA) is 35.0 Å². The molecule has 1 aromatic heterocycles. The highest BCUT2D eigenvalue weighted by Gasteiger charge is 2.05. The molecular weight excluding hydrogens is 332 g/mol. The minimum absolute atomic E-state index is 0.722. The van der Waals surface area contributed by atoms with Crippen molar-refractivity contribution >= 4 is 0 Å². The molecule has 148 valence electrons. The van der Waals surface area contributed by atoms with Gasteiger partial charge in [0, 0.05) is 5.56 Å². The molecule has 3 nitrogen and oxygen atoms in total. The molecule has 0 spiro atoms. The first-order valence-electron chi connectivity index (χ1n) is 10.8. The Balaban J connectivity index is 1.73. The van der Waals surface area contributed by atoms with Crippen LogP contribution < -0.4 is 4.74 Å². The lowest BCUT2D eigenvalue weighted by Gasteiger charge is -2.09. The minimum Gasteiger partial charge on any atom is -0.490 e. The molecule has 2 aromatic rings. The number of hydrogen-bond acceptors (Lipinski definition) is 3. The van der Waals surface area contributed by atoms with E-state index in [1.807, 2.05) is 0 Å². The average molecular weight is 369 g/mol.